The third-order valence-electron chi connectivity index (χ3n) is 11.9. The lowest BCUT2D eigenvalue weighted by Gasteiger charge is -2.36. The van der Waals surface area contributed by atoms with Crippen LogP contribution in [-0.4, -0.2) is 81.4 Å². The van der Waals surface area contributed by atoms with Crippen molar-refractivity contribution in [1.29, 1.82) is 0 Å². The van der Waals surface area contributed by atoms with Crippen molar-refractivity contribution in [2.24, 2.45) is 0 Å². The van der Waals surface area contributed by atoms with Crippen molar-refractivity contribution in [2.75, 3.05) is 6.54 Å². The van der Waals surface area contributed by atoms with Crippen LogP contribution in [0.2, 0.25) is 0 Å². The largest absolute Gasteiger partial charge is 0.460 e. The molecule has 0 spiro atoms. The first kappa shape index (κ1) is 47.5. The predicted octanol–water partition coefficient (Wildman–Crippen LogP) is 9.42. The average molecular weight is 903 g/mol. The number of amides is 3. The SMILES string of the molecule is CC(C)(C)OC(=O)CCC(CCC(=O)OC(C)(C)C)(CCC(=O)OC(C)(C)C)NC(=O)CCCCCN1C(=O)c2ccc3c4ccc5c6c(ccc(c7ccc(c2c37)C1=O)c64)C(=O)OC5=O. The molecule has 0 saturated carbocycles. The maximum Gasteiger partial charge on any atom is 0.346 e. The number of nitrogens with one attached hydrogen (secondary N) is 1. The zero-order chi connectivity index (χ0) is 48.1. The van der Waals surface area contributed by atoms with Crippen molar-refractivity contribution in [3.8, 4) is 0 Å². The first-order chi connectivity index (χ1) is 30.9. The molecule has 0 bridgehead atoms. The number of esters is 5. The van der Waals surface area contributed by atoms with Crippen molar-refractivity contribution in [3.05, 3.63) is 70.8 Å². The molecule has 0 radical (unpaired) electrons. The van der Waals surface area contributed by atoms with E-state index in [-0.39, 0.29) is 57.4 Å². The molecular weight excluding hydrogens is 845 g/mol. The van der Waals surface area contributed by atoms with E-state index >= 15 is 0 Å². The summed E-state index contributed by atoms with van der Waals surface area (Å²) >= 11 is 0. The molecule has 5 aromatic rings. The summed E-state index contributed by atoms with van der Waals surface area (Å²) in [4.78, 5) is 108. The van der Waals surface area contributed by atoms with Gasteiger partial charge in [0.25, 0.3) is 11.8 Å². The second-order valence-electron chi connectivity index (χ2n) is 20.5. The average Bonchev–Trinajstić information content (AvgIpc) is 3.21. The van der Waals surface area contributed by atoms with Crippen molar-refractivity contribution < 1.29 is 57.3 Å². The zero-order valence-corrected chi connectivity index (χ0v) is 39.2. The maximum absolute atomic E-state index is 14.1. The standard InChI is InChI=1S/C52H58N2O12/c1-49(2,3)64-38(56)22-25-52(26-23-39(57)65-50(4,5)6,27-24-40(58)66-51(7,8)9)53-37(55)13-11-10-12-28-54-45(59)33-18-14-29-31-16-20-35-44-36(48(62)63-47(35)61)21-17-32(42(31)44)30-15-19-34(46(54)60)43(33)41(29)30/h14-21H,10-13,22-28H2,1-9H3,(H,53,55). The fraction of sp³-hybridized carbons (Fsp3) is 0.462. The van der Waals surface area contributed by atoms with Gasteiger partial charge >= 0.3 is 29.8 Å². The lowest BCUT2D eigenvalue weighted by molar-refractivity contribution is -0.155. The second-order valence-corrected chi connectivity index (χ2v) is 20.5. The Hall–Kier alpha value is -6.44. The smallest absolute Gasteiger partial charge is 0.346 e. The minimum atomic E-state index is -1.16. The van der Waals surface area contributed by atoms with E-state index in [0.717, 1.165) is 32.3 Å². The molecule has 3 amide bonds. The molecule has 66 heavy (non-hydrogen) atoms. The topological polar surface area (TPSA) is 189 Å². The highest BCUT2D eigenvalue weighted by atomic mass is 16.6. The van der Waals surface area contributed by atoms with Crippen LogP contribution in [0.3, 0.4) is 0 Å². The van der Waals surface area contributed by atoms with Crippen molar-refractivity contribution >= 4 is 90.7 Å². The van der Waals surface area contributed by atoms with Gasteiger partial charge in [0, 0.05) is 59.7 Å². The Morgan fingerprint density at radius 2 is 0.848 bits per heavy atom. The zero-order valence-electron chi connectivity index (χ0n) is 39.2. The Balaban J connectivity index is 1.05. The van der Waals surface area contributed by atoms with Crippen LogP contribution in [0.1, 0.15) is 168 Å². The van der Waals surface area contributed by atoms with Gasteiger partial charge in [0.15, 0.2) is 0 Å². The van der Waals surface area contributed by atoms with Crippen molar-refractivity contribution in [1.82, 2.24) is 10.2 Å². The highest BCUT2D eigenvalue weighted by Gasteiger charge is 2.38. The quantitative estimate of drug-likeness (QED) is 0.0188. The summed E-state index contributed by atoms with van der Waals surface area (Å²) in [5, 5.41) is 8.77. The molecule has 0 aliphatic carbocycles. The third-order valence-corrected chi connectivity index (χ3v) is 11.9. The van der Waals surface area contributed by atoms with Crippen LogP contribution in [0.25, 0.3) is 43.1 Å². The van der Waals surface area contributed by atoms with Gasteiger partial charge in [-0.15, -0.1) is 0 Å². The number of carbonyl (C=O) groups excluding carboxylic acids is 8. The summed E-state index contributed by atoms with van der Waals surface area (Å²) in [6.07, 6.45) is 1.42. The van der Waals surface area contributed by atoms with Gasteiger partial charge in [-0.05, 0) is 151 Å². The minimum absolute atomic E-state index is 0.0647. The second kappa shape index (κ2) is 17.7. The minimum Gasteiger partial charge on any atom is -0.460 e. The van der Waals surface area contributed by atoms with E-state index in [9.17, 15) is 38.4 Å². The van der Waals surface area contributed by atoms with Gasteiger partial charge in [-0.3, -0.25) is 33.7 Å². The number of hydrogen-bond acceptors (Lipinski definition) is 12. The lowest BCUT2D eigenvalue weighted by Crippen LogP contribution is -2.50. The fourth-order valence-electron chi connectivity index (χ4n) is 9.22. The van der Waals surface area contributed by atoms with E-state index in [4.69, 9.17) is 18.9 Å². The highest BCUT2D eigenvalue weighted by molar-refractivity contribution is 6.40. The number of benzene rings is 5. The van der Waals surface area contributed by atoms with E-state index in [1.165, 1.54) is 4.90 Å². The predicted molar refractivity (Wildman–Crippen MR) is 247 cm³/mol. The molecule has 0 unspecified atom stereocenters. The third kappa shape index (κ3) is 10.0. The maximum atomic E-state index is 14.1. The molecule has 14 nitrogen and oxygen atoms in total. The molecule has 0 saturated heterocycles. The van der Waals surface area contributed by atoms with E-state index in [2.05, 4.69) is 5.32 Å². The molecule has 2 aliphatic heterocycles. The number of ether oxygens (including phenoxy) is 4. The summed E-state index contributed by atoms with van der Waals surface area (Å²) in [5.74, 6) is -4.08. The van der Waals surface area contributed by atoms with Crippen LogP contribution in [-0.2, 0) is 38.1 Å². The highest BCUT2D eigenvalue weighted by Crippen LogP contribution is 2.46. The van der Waals surface area contributed by atoms with Crippen molar-refractivity contribution in [2.45, 2.75) is 149 Å². The Morgan fingerprint density at radius 3 is 1.23 bits per heavy atom. The molecule has 7 rings (SSSR count). The van der Waals surface area contributed by atoms with Gasteiger partial charge in [-0.25, -0.2) is 9.59 Å². The molecule has 2 aliphatic rings. The lowest BCUT2D eigenvalue weighted by atomic mass is 9.83. The van der Waals surface area contributed by atoms with E-state index in [0.29, 0.717) is 52.3 Å². The van der Waals surface area contributed by atoms with Crippen LogP contribution < -0.4 is 5.32 Å². The van der Waals surface area contributed by atoms with Crippen LogP contribution >= 0.6 is 0 Å². The first-order valence-electron chi connectivity index (χ1n) is 22.6. The molecule has 1 N–H and O–H groups in total. The Kier molecular flexibility index (Phi) is 12.8. The van der Waals surface area contributed by atoms with Crippen molar-refractivity contribution in [3.63, 3.8) is 0 Å². The van der Waals surface area contributed by atoms with E-state index in [1.807, 2.05) is 24.3 Å². The van der Waals surface area contributed by atoms with Gasteiger partial charge in [-0.2, -0.15) is 0 Å². The molecule has 0 atom stereocenters. The van der Waals surface area contributed by atoms with Gasteiger partial charge in [0.2, 0.25) is 5.91 Å². The Labute approximate surface area is 383 Å². The Morgan fingerprint density at radius 1 is 0.485 bits per heavy atom. The number of nitrogens with zero attached hydrogens (tertiary/aromatic N) is 1. The molecule has 348 valence electrons. The van der Waals surface area contributed by atoms with Crippen LogP contribution in [0.4, 0.5) is 0 Å². The number of carbonyl (C=O) groups is 8. The van der Waals surface area contributed by atoms with Gasteiger partial charge < -0.3 is 24.3 Å². The van der Waals surface area contributed by atoms with Gasteiger partial charge in [0.05, 0.1) is 11.1 Å². The van der Waals surface area contributed by atoms with E-state index < -0.39 is 64.0 Å². The number of hydrogen-bond donors (Lipinski definition) is 1. The summed E-state index contributed by atoms with van der Waals surface area (Å²) in [6, 6.07) is 14.0. The Bertz CT molecular complexity index is 2640. The number of cyclic esters (lactones) is 2. The number of imide groups is 1. The summed E-state index contributed by atoms with van der Waals surface area (Å²) < 4.78 is 21.7. The molecule has 2 heterocycles. The number of rotatable bonds is 16. The molecule has 0 fully saturated rings. The van der Waals surface area contributed by atoms with Gasteiger partial charge in [-0.1, -0.05) is 30.7 Å². The summed E-state index contributed by atoms with van der Waals surface area (Å²) in [7, 11) is 0. The molecule has 5 aromatic carbocycles. The summed E-state index contributed by atoms with van der Waals surface area (Å²) in [6.45, 7) is 15.9. The molecule has 0 aromatic heterocycles. The monoisotopic (exact) mass is 902 g/mol. The fourth-order valence-corrected chi connectivity index (χ4v) is 9.22. The normalized spacial score (nSPS) is 14.3. The first-order valence-corrected chi connectivity index (χ1v) is 22.6. The molecule has 14 heteroatoms. The molecular formula is C52H58N2O12. The number of fused-ring (bicyclic) bond motifs is 2. The van der Waals surface area contributed by atoms with Gasteiger partial charge in [0.1, 0.15) is 16.8 Å². The summed E-state index contributed by atoms with van der Waals surface area (Å²) in [5.41, 5.74) is -2.02. The van der Waals surface area contributed by atoms with E-state index in [1.54, 1.807) is 86.6 Å². The van der Waals surface area contributed by atoms with Crippen LogP contribution in [0.15, 0.2) is 48.5 Å². The van der Waals surface area contributed by atoms with Crippen LogP contribution in [0.5, 0.6) is 0 Å². The van der Waals surface area contributed by atoms with Crippen LogP contribution in [0, 0.1) is 0 Å². The number of unbranched alkanes of at least 4 members (excludes halogenated alkanes) is 2.